The lowest BCUT2D eigenvalue weighted by Gasteiger charge is -2.09. The van der Waals surface area contributed by atoms with E-state index in [2.05, 4.69) is 15.6 Å². The Morgan fingerprint density at radius 3 is 2.35 bits per heavy atom. The van der Waals surface area contributed by atoms with Gasteiger partial charge in [0.1, 0.15) is 11.4 Å². The summed E-state index contributed by atoms with van der Waals surface area (Å²) in [5.41, 5.74) is 7.91. The SMILES string of the molecule is Cc1c(C(N)=O)sc2ncn(CC(=O)Nc3ccc(Nc4ccccc4)cc3)c(=O)c12. The van der Waals surface area contributed by atoms with Crippen LogP contribution in [0.3, 0.4) is 0 Å². The van der Waals surface area contributed by atoms with Crippen molar-refractivity contribution in [3.63, 3.8) is 0 Å². The van der Waals surface area contributed by atoms with Crippen LogP contribution in [0.5, 0.6) is 0 Å². The highest BCUT2D eigenvalue weighted by Crippen LogP contribution is 2.26. The number of rotatable bonds is 6. The summed E-state index contributed by atoms with van der Waals surface area (Å²) in [6.07, 6.45) is 1.30. The molecule has 4 N–H and O–H groups in total. The second-order valence-electron chi connectivity index (χ2n) is 6.89. The molecule has 2 aromatic carbocycles. The van der Waals surface area contributed by atoms with Crippen molar-refractivity contribution in [3.05, 3.63) is 81.7 Å². The van der Waals surface area contributed by atoms with Crippen molar-refractivity contribution in [1.29, 1.82) is 0 Å². The van der Waals surface area contributed by atoms with Gasteiger partial charge in [-0.25, -0.2) is 4.98 Å². The third kappa shape index (κ3) is 4.31. The number of nitrogens with one attached hydrogen (secondary N) is 2. The highest BCUT2D eigenvalue weighted by Gasteiger charge is 2.18. The van der Waals surface area contributed by atoms with Gasteiger partial charge in [0.25, 0.3) is 11.5 Å². The number of nitrogens with two attached hydrogens (primary N) is 1. The topological polar surface area (TPSA) is 119 Å². The van der Waals surface area contributed by atoms with E-state index in [-0.39, 0.29) is 18.0 Å². The summed E-state index contributed by atoms with van der Waals surface area (Å²) in [5.74, 6) is -0.968. The number of carbonyl (C=O) groups is 2. The number of thiophene rings is 1. The highest BCUT2D eigenvalue weighted by atomic mass is 32.1. The van der Waals surface area contributed by atoms with Crippen LogP contribution in [-0.4, -0.2) is 21.4 Å². The fourth-order valence-corrected chi connectivity index (χ4v) is 4.18. The van der Waals surface area contributed by atoms with E-state index in [1.54, 1.807) is 19.1 Å². The maximum absolute atomic E-state index is 12.8. The van der Waals surface area contributed by atoms with Crippen LogP contribution in [0.4, 0.5) is 17.1 Å². The largest absolute Gasteiger partial charge is 0.365 e. The van der Waals surface area contributed by atoms with Gasteiger partial charge in [-0.3, -0.25) is 19.0 Å². The molecule has 0 aliphatic carbocycles. The molecule has 9 heteroatoms. The molecule has 0 spiro atoms. The number of hydrogen-bond donors (Lipinski definition) is 3. The Morgan fingerprint density at radius 1 is 1.03 bits per heavy atom. The predicted octanol–water partition coefficient (Wildman–Crippen LogP) is 3.25. The fraction of sp³-hybridized carbons (Fsp3) is 0.0909. The molecule has 0 fully saturated rings. The zero-order valence-corrected chi connectivity index (χ0v) is 17.4. The normalized spacial score (nSPS) is 10.7. The minimum absolute atomic E-state index is 0.201. The Morgan fingerprint density at radius 2 is 1.68 bits per heavy atom. The van der Waals surface area contributed by atoms with Crippen LogP contribution in [0.25, 0.3) is 10.2 Å². The number of amides is 2. The van der Waals surface area contributed by atoms with E-state index in [1.807, 2.05) is 42.5 Å². The first-order valence-electron chi connectivity index (χ1n) is 9.42. The Labute approximate surface area is 181 Å². The second kappa shape index (κ2) is 8.41. The summed E-state index contributed by atoms with van der Waals surface area (Å²) in [5, 5.41) is 6.35. The molecule has 31 heavy (non-hydrogen) atoms. The molecule has 0 saturated carbocycles. The standard InChI is InChI=1S/C22H19N5O3S/c1-13-18-21(31-19(13)20(23)29)24-12-27(22(18)30)11-17(28)26-16-9-7-15(8-10-16)25-14-5-3-2-4-6-14/h2-10,12,25H,11H2,1H3,(H2,23,29)(H,26,28). The van der Waals surface area contributed by atoms with Crippen molar-refractivity contribution < 1.29 is 9.59 Å². The van der Waals surface area contributed by atoms with Crippen molar-refractivity contribution in [3.8, 4) is 0 Å². The molecule has 2 aromatic heterocycles. The minimum Gasteiger partial charge on any atom is -0.365 e. The summed E-state index contributed by atoms with van der Waals surface area (Å²) in [6.45, 7) is 1.45. The van der Waals surface area contributed by atoms with Gasteiger partial charge in [-0.15, -0.1) is 11.3 Å². The van der Waals surface area contributed by atoms with Crippen LogP contribution in [0.2, 0.25) is 0 Å². The summed E-state index contributed by atoms with van der Waals surface area (Å²) in [7, 11) is 0. The fourth-order valence-electron chi connectivity index (χ4n) is 3.19. The number of fused-ring (bicyclic) bond motifs is 1. The number of hydrogen-bond acceptors (Lipinski definition) is 6. The molecule has 2 heterocycles. The second-order valence-corrected chi connectivity index (χ2v) is 7.89. The number of aryl methyl sites for hydroxylation is 1. The van der Waals surface area contributed by atoms with Gasteiger partial charge in [0.05, 0.1) is 16.6 Å². The molecule has 0 radical (unpaired) electrons. The zero-order chi connectivity index (χ0) is 22.0. The highest BCUT2D eigenvalue weighted by molar-refractivity contribution is 7.20. The molecule has 4 aromatic rings. The Hall–Kier alpha value is -3.98. The van der Waals surface area contributed by atoms with Crippen LogP contribution in [0.1, 0.15) is 15.2 Å². The van der Waals surface area contributed by atoms with Crippen molar-refractivity contribution in [1.82, 2.24) is 9.55 Å². The third-order valence-electron chi connectivity index (χ3n) is 4.69. The van der Waals surface area contributed by atoms with Gasteiger partial charge in [-0.05, 0) is 48.9 Å². The molecule has 8 nitrogen and oxygen atoms in total. The van der Waals surface area contributed by atoms with Gasteiger partial charge in [0.2, 0.25) is 5.91 Å². The first-order valence-corrected chi connectivity index (χ1v) is 10.2. The van der Waals surface area contributed by atoms with Crippen LogP contribution >= 0.6 is 11.3 Å². The Bertz CT molecular complexity index is 1330. The molecule has 4 rings (SSSR count). The molecular formula is C22H19N5O3S. The minimum atomic E-state index is -0.602. The van der Waals surface area contributed by atoms with E-state index in [0.29, 0.717) is 26.3 Å². The van der Waals surface area contributed by atoms with Crippen molar-refractivity contribution >= 4 is 50.4 Å². The van der Waals surface area contributed by atoms with Gasteiger partial charge in [-0.2, -0.15) is 0 Å². The molecule has 0 aliphatic rings. The molecule has 0 unspecified atom stereocenters. The molecule has 0 saturated heterocycles. The number of nitrogens with zero attached hydrogens (tertiary/aromatic N) is 2. The van der Waals surface area contributed by atoms with E-state index in [1.165, 1.54) is 10.9 Å². The van der Waals surface area contributed by atoms with Crippen LogP contribution in [0, 0.1) is 6.92 Å². The predicted molar refractivity (Wildman–Crippen MR) is 122 cm³/mol. The van der Waals surface area contributed by atoms with E-state index >= 15 is 0 Å². The molecule has 0 atom stereocenters. The number of para-hydroxylation sites is 1. The van der Waals surface area contributed by atoms with Crippen LogP contribution in [0.15, 0.2) is 65.7 Å². The van der Waals surface area contributed by atoms with Gasteiger partial charge in [-0.1, -0.05) is 18.2 Å². The van der Waals surface area contributed by atoms with Gasteiger partial charge < -0.3 is 16.4 Å². The molecule has 0 aliphatic heterocycles. The Balaban J connectivity index is 1.47. The third-order valence-corrected chi connectivity index (χ3v) is 5.90. The number of benzene rings is 2. The lowest BCUT2D eigenvalue weighted by atomic mass is 10.2. The average molecular weight is 433 g/mol. The lowest BCUT2D eigenvalue weighted by Crippen LogP contribution is -2.28. The number of carbonyl (C=O) groups excluding carboxylic acids is 2. The van der Waals surface area contributed by atoms with Crippen molar-refractivity contribution in [2.75, 3.05) is 10.6 Å². The summed E-state index contributed by atoms with van der Waals surface area (Å²) < 4.78 is 1.22. The summed E-state index contributed by atoms with van der Waals surface area (Å²) in [6, 6.07) is 17.0. The lowest BCUT2D eigenvalue weighted by molar-refractivity contribution is -0.116. The Kier molecular flexibility index (Phi) is 5.50. The number of aromatic nitrogens is 2. The quantitative estimate of drug-likeness (QED) is 0.431. The van der Waals surface area contributed by atoms with E-state index in [0.717, 1.165) is 22.7 Å². The first-order chi connectivity index (χ1) is 14.9. The first kappa shape index (κ1) is 20.3. The van der Waals surface area contributed by atoms with Crippen LogP contribution in [-0.2, 0) is 11.3 Å². The van der Waals surface area contributed by atoms with Crippen LogP contribution < -0.4 is 21.9 Å². The monoisotopic (exact) mass is 433 g/mol. The van der Waals surface area contributed by atoms with E-state index < -0.39 is 5.91 Å². The number of primary amides is 1. The molecule has 0 bridgehead atoms. The molecule has 156 valence electrons. The van der Waals surface area contributed by atoms with Gasteiger partial charge in [0, 0.05) is 17.1 Å². The molecular weight excluding hydrogens is 414 g/mol. The smallest absolute Gasteiger partial charge is 0.262 e. The zero-order valence-electron chi connectivity index (χ0n) is 16.6. The average Bonchev–Trinajstić information content (AvgIpc) is 3.10. The van der Waals surface area contributed by atoms with Gasteiger partial charge in [0.15, 0.2) is 0 Å². The van der Waals surface area contributed by atoms with E-state index in [4.69, 9.17) is 5.73 Å². The maximum Gasteiger partial charge on any atom is 0.262 e. The molecule has 2 amide bonds. The van der Waals surface area contributed by atoms with Gasteiger partial charge >= 0.3 is 0 Å². The maximum atomic E-state index is 12.8. The summed E-state index contributed by atoms with van der Waals surface area (Å²) in [4.78, 5) is 41.7. The van der Waals surface area contributed by atoms with E-state index in [9.17, 15) is 14.4 Å². The van der Waals surface area contributed by atoms with Crippen molar-refractivity contribution in [2.24, 2.45) is 5.73 Å². The van der Waals surface area contributed by atoms with Crippen molar-refractivity contribution in [2.45, 2.75) is 13.5 Å². The summed E-state index contributed by atoms with van der Waals surface area (Å²) >= 11 is 1.07. The number of anilines is 3.